The Labute approximate surface area is 341 Å². The van der Waals surface area contributed by atoms with Gasteiger partial charge in [-0.3, -0.25) is 0 Å². The van der Waals surface area contributed by atoms with Gasteiger partial charge in [0.2, 0.25) is 0 Å². The minimum absolute atomic E-state index is 0.708. The van der Waals surface area contributed by atoms with E-state index < -0.39 is 0 Å². The van der Waals surface area contributed by atoms with Gasteiger partial charge < -0.3 is 14.0 Å². The molecule has 59 heavy (non-hydrogen) atoms. The van der Waals surface area contributed by atoms with Crippen molar-refractivity contribution in [3.8, 4) is 56.5 Å². The van der Waals surface area contributed by atoms with Crippen molar-refractivity contribution < 1.29 is 0 Å². The summed E-state index contributed by atoms with van der Waals surface area (Å²) in [5.41, 5.74) is 16.3. The number of rotatable bonds is 5. The second-order valence-electron chi connectivity index (χ2n) is 15.0. The molecule has 276 valence electrons. The molecule has 1 aliphatic rings. The first-order valence-corrected chi connectivity index (χ1v) is 20.0. The number of para-hydroxylation sites is 5. The van der Waals surface area contributed by atoms with E-state index in [1.165, 1.54) is 32.8 Å². The fourth-order valence-electron chi connectivity index (χ4n) is 9.03. The van der Waals surface area contributed by atoms with Crippen molar-refractivity contribution in [1.29, 1.82) is 0 Å². The minimum Gasteiger partial charge on any atom is -0.309 e. The maximum atomic E-state index is 5.11. The molecule has 0 spiro atoms. The van der Waals surface area contributed by atoms with E-state index in [1.54, 1.807) is 0 Å². The predicted octanol–water partition coefficient (Wildman–Crippen LogP) is 14.0. The molecule has 11 aromatic rings. The van der Waals surface area contributed by atoms with E-state index >= 15 is 0 Å². The van der Waals surface area contributed by atoms with Gasteiger partial charge in [-0.1, -0.05) is 146 Å². The van der Waals surface area contributed by atoms with Crippen LogP contribution in [0, 0.1) is 0 Å². The summed E-state index contributed by atoms with van der Waals surface area (Å²) in [5, 5.41) is 3.65. The van der Waals surface area contributed by atoms with Crippen molar-refractivity contribution in [2.45, 2.75) is 0 Å². The summed E-state index contributed by atoms with van der Waals surface area (Å²) in [6, 6.07) is 75.5. The Hall–Kier alpha value is -8.02. The average molecular weight is 754 g/mol. The molecule has 0 radical (unpaired) electrons. The SMILES string of the molecule is c1ccc(-c2cc(-c3ccc(-n4c5ccccc5c5ccc6c(cc7n6-c6ccccc6N(c6ccccc6)c6ccccc6-7)c54)cc3)nc(-c3ccccc3)n2)cc1. The van der Waals surface area contributed by atoms with Crippen LogP contribution in [0.1, 0.15) is 0 Å². The maximum absolute atomic E-state index is 5.11. The zero-order chi connectivity index (χ0) is 38.9. The summed E-state index contributed by atoms with van der Waals surface area (Å²) in [4.78, 5) is 12.5. The lowest BCUT2D eigenvalue weighted by Gasteiger charge is -2.26. The second kappa shape index (κ2) is 13.3. The lowest BCUT2D eigenvalue weighted by Crippen LogP contribution is -2.11. The Kier molecular flexibility index (Phi) is 7.47. The molecule has 0 amide bonds. The molecule has 1 aliphatic heterocycles. The van der Waals surface area contributed by atoms with Crippen LogP contribution in [0.25, 0.3) is 89.2 Å². The van der Waals surface area contributed by atoms with E-state index in [0.717, 1.165) is 67.7 Å². The molecular weight excluding hydrogens is 719 g/mol. The van der Waals surface area contributed by atoms with E-state index in [1.807, 2.05) is 24.3 Å². The van der Waals surface area contributed by atoms with Crippen molar-refractivity contribution in [3.05, 3.63) is 212 Å². The van der Waals surface area contributed by atoms with Crippen LogP contribution in [-0.2, 0) is 0 Å². The molecule has 8 aromatic carbocycles. The van der Waals surface area contributed by atoms with Gasteiger partial charge in [-0.25, -0.2) is 9.97 Å². The Bertz CT molecular complexity index is 3310. The van der Waals surface area contributed by atoms with Crippen LogP contribution < -0.4 is 4.90 Å². The maximum Gasteiger partial charge on any atom is 0.160 e. The van der Waals surface area contributed by atoms with Crippen LogP contribution in [0.15, 0.2) is 212 Å². The topological polar surface area (TPSA) is 38.9 Å². The highest BCUT2D eigenvalue weighted by Crippen LogP contribution is 2.50. The first kappa shape index (κ1) is 33.2. The van der Waals surface area contributed by atoms with Crippen LogP contribution in [0.4, 0.5) is 17.1 Å². The smallest absolute Gasteiger partial charge is 0.160 e. The van der Waals surface area contributed by atoms with Gasteiger partial charge in [0.25, 0.3) is 0 Å². The molecule has 0 N–H and O–H groups in total. The Morgan fingerprint density at radius 2 is 0.915 bits per heavy atom. The van der Waals surface area contributed by atoms with Gasteiger partial charge in [0.15, 0.2) is 5.82 Å². The van der Waals surface area contributed by atoms with E-state index in [4.69, 9.17) is 9.97 Å². The number of fused-ring (bicyclic) bond motifs is 11. The molecule has 12 rings (SSSR count). The van der Waals surface area contributed by atoms with E-state index in [0.29, 0.717) is 5.82 Å². The number of hydrogen-bond donors (Lipinski definition) is 0. The van der Waals surface area contributed by atoms with Crippen LogP contribution >= 0.6 is 0 Å². The van der Waals surface area contributed by atoms with Gasteiger partial charge in [-0.15, -0.1) is 0 Å². The molecule has 0 aliphatic carbocycles. The Morgan fingerprint density at radius 3 is 1.66 bits per heavy atom. The highest BCUT2D eigenvalue weighted by Gasteiger charge is 2.28. The summed E-state index contributed by atoms with van der Waals surface area (Å²) in [6.07, 6.45) is 0. The largest absolute Gasteiger partial charge is 0.309 e. The Morgan fingerprint density at radius 1 is 0.339 bits per heavy atom. The van der Waals surface area contributed by atoms with Crippen LogP contribution in [-0.4, -0.2) is 19.1 Å². The molecule has 0 unspecified atom stereocenters. The van der Waals surface area contributed by atoms with Gasteiger partial charge >= 0.3 is 0 Å². The highest BCUT2D eigenvalue weighted by molar-refractivity contribution is 6.19. The molecule has 0 saturated carbocycles. The molecule has 3 aromatic heterocycles. The summed E-state index contributed by atoms with van der Waals surface area (Å²) in [7, 11) is 0. The van der Waals surface area contributed by atoms with Crippen molar-refractivity contribution in [2.75, 3.05) is 4.90 Å². The second-order valence-corrected chi connectivity index (χ2v) is 15.0. The van der Waals surface area contributed by atoms with E-state index in [9.17, 15) is 0 Å². The number of anilines is 3. The van der Waals surface area contributed by atoms with Gasteiger partial charge in [-0.05, 0) is 66.7 Å². The first-order valence-electron chi connectivity index (χ1n) is 20.0. The van der Waals surface area contributed by atoms with Crippen LogP contribution in [0.2, 0.25) is 0 Å². The lowest BCUT2D eigenvalue weighted by atomic mass is 10.1. The standard InChI is InChI=1S/C54H35N5/c1-4-16-36(17-5-1)45-35-46(56-54(55-45)38-18-6-2-7-19-38)37-28-30-40(31-29-37)58-47-24-12-10-22-41(47)42-32-33-49-44(53(42)58)34-52-43-23-11-13-25-48(43)57(39-20-8-3-9-21-39)50-26-14-15-27-51(50)59(49)52/h1-35H. The molecule has 5 heteroatoms. The van der Waals surface area contributed by atoms with Gasteiger partial charge in [0, 0.05) is 49.8 Å². The monoisotopic (exact) mass is 753 g/mol. The van der Waals surface area contributed by atoms with Crippen molar-refractivity contribution >= 4 is 49.8 Å². The third-order valence-corrected chi connectivity index (χ3v) is 11.7. The zero-order valence-corrected chi connectivity index (χ0v) is 31.9. The Balaban J connectivity index is 1.07. The van der Waals surface area contributed by atoms with Crippen molar-refractivity contribution in [1.82, 2.24) is 19.1 Å². The van der Waals surface area contributed by atoms with Crippen molar-refractivity contribution in [2.24, 2.45) is 0 Å². The zero-order valence-electron chi connectivity index (χ0n) is 31.9. The van der Waals surface area contributed by atoms with E-state index in [2.05, 4.69) is 202 Å². The highest BCUT2D eigenvalue weighted by atomic mass is 15.2. The number of aromatic nitrogens is 4. The van der Waals surface area contributed by atoms with Crippen molar-refractivity contribution in [3.63, 3.8) is 0 Å². The third kappa shape index (κ3) is 5.25. The normalized spacial score (nSPS) is 12.0. The predicted molar refractivity (Wildman–Crippen MR) is 243 cm³/mol. The molecular formula is C54H35N5. The van der Waals surface area contributed by atoms with Gasteiger partial charge in [0.1, 0.15) is 0 Å². The summed E-state index contributed by atoms with van der Waals surface area (Å²) in [6.45, 7) is 0. The molecule has 4 heterocycles. The summed E-state index contributed by atoms with van der Waals surface area (Å²) in [5.74, 6) is 0.708. The number of nitrogens with zero attached hydrogens (tertiary/aromatic N) is 5. The first-order chi connectivity index (χ1) is 29.3. The lowest BCUT2D eigenvalue weighted by molar-refractivity contribution is 1.14. The van der Waals surface area contributed by atoms with Gasteiger partial charge in [-0.2, -0.15) is 0 Å². The average Bonchev–Trinajstić information content (AvgIpc) is 3.83. The quantitative estimate of drug-likeness (QED) is 0.176. The molecule has 0 atom stereocenters. The van der Waals surface area contributed by atoms with E-state index in [-0.39, 0.29) is 0 Å². The summed E-state index contributed by atoms with van der Waals surface area (Å²) >= 11 is 0. The summed E-state index contributed by atoms with van der Waals surface area (Å²) < 4.78 is 4.90. The fourth-order valence-corrected chi connectivity index (χ4v) is 9.03. The number of benzene rings is 8. The fraction of sp³-hybridized carbons (Fsp3) is 0. The minimum atomic E-state index is 0.708. The van der Waals surface area contributed by atoms with Crippen LogP contribution in [0.3, 0.4) is 0 Å². The molecule has 0 saturated heterocycles. The molecule has 5 nitrogen and oxygen atoms in total. The third-order valence-electron chi connectivity index (χ3n) is 11.7. The van der Waals surface area contributed by atoms with Crippen LogP contribution in [0.5, 0.6) is 0 Å². The van der Waals surface area contributed by atoms with Gasteiger partial charge in [0.05, 0.1) is 50.7 Å². The molecule has 0 fully saturated rings. The number of hydrogen-bond acceptors (Lipinski definition) is 3. The molecule has 0 bridgehead atoms.